The molecule has 0 fully saturated rings. The second-order valence-electron chi connectivity index (χ2n) is 8.62. The van der Waals surface area contributed by atoms with Crippen LogP contribution >= 0.6 is 0 Å². The summed E-state index contributed by atoms with van der Waals surface area (Å²) < 4.78 is 18.6. The fraction of sp³-hybridized carbons (Fsp3) is 0.125. The van der Waals surface area contributed by atoms with Gasteiger partial charge in [-0.2, -0.15) is 0 Å². The van der Waals surface area contributed by atoms with Gasteiger partial charge in [-0.05, 0) is 72.7 Å². The molecule has 0 spiro atoms. The van der Waals surface area contributed by atoms with E-state index < -0.39 is 5.97 Å². The Labute approximate surface area is 221 Å². The molecule has 6 nitrogen and oxygen atoms in total. The Morgan fingerprint density at radius 3 is 2.42 bits per heavy atom. The molecule has 0 aliphatic carbocycles. The van der Waals surface area contributed by atoms with E-state index in [9.17, 15) is 4.79 Å². The first-order valence-corrected chi connectivity index (χ1v) is 12.4. The quantitative estimate of drug-likeness (QED) is 0.126. The van der Waals surface area contributed by atoms with E-state index in [0.717, 1.165) is 28.0 Å². The smallest absolute Gasteiger partial charge is 0.336 e. The molecule has 0 aliphatic heterocycles. The molecule has 0 bridgehead atoms. The Bertz CT molecular complexity index is 1570. The predicted molar refractivity (Wildman–Crippen MR) is 150 cm³/mol. The van der Waals surface area contributed by atoms with E-state index in [-0.39, 0.29) is 0 Å². The van der Waals surface area contributed by atoms with Crippen LogP contribution in [0.25, 0.3) is 28.5 Å². The zero-order valence-electron chi connectivity index (χ0n) is 21.3. The van der Waals surface area contributed by atoms with Gasteiger partial charge in [0.2, 0.25) is 0 Å². The Morgan fingerprint density at radius 2 is 1.66 bits per heavy atom. The Kier molecular flexibility index (Phi) is 7.50. The second kappa shape index (κ2) is 11.5. The molecule has 0 amide bonds. The van der Waals surface area contributed by atoms with Crippen LogP contribution in [0.15, 0.2) is 103 Å². The Morgan fingerprint density at radius 1 is 0.895 bits per heavy atom. The predicted octanol–water partition coefficient (Wildman–Crippen LogP) is 6.78. The number of carbonyl (C=O) groups excluding carboxylic acids is 1. The summed E-state index contributed by atoms with van der Waals surface area (Å²) in [5, 5.41) is 0. The lowest BCUT2D eigenvalue weighted by atomic mass is 10.2. The third-order valence-corrected chi connectivity index (χ3v) is 6.07. The van der Waals surface area contributed by atoms with Gasteiger partial charge in [0.15, 0.2) is 11.5 Å². The van der Waals surface area contributed by atoms with Gasteiger partial charge in [-0.1, -0.05) is 48.5 Å². The maximum absolute atomic E-state index is 12.5. The molecule has 0 radical (unpaired) electrons. The van der Waals surface area contributed by atoms with Crippen LogP contribution in [0.3, 0.4) is 0 Å². The van der Waals surface area contributed by atoms with E-state index in [1.54, 1.807) is 25.3 Å². The minimum Gasteiger partial charge on any atom is -0.493 e. The molecule has 0 N–H and O–H groups in total. The highest BCUT2D eigenvalue weighted by molar-refractivity contribution is 5.89. The number of rotatable bonds is 9. The minimum absolute atomic E-state index is 0.457. The van der Waals surface area contributed by atoms with E-state index in [0.29, 0.717) is 30.4 Å². The summed E-state index contributed by atoms with van der Waals surface area (Å²) in [6.45, 7) is 3.16. The number of para-hydroxylation sites is 2. The summed E-state index contributed by atoms with van der Waals surface area (Å²) in [4.78, 5) is 17.3. The Hall–Kier alpha value is -4.84. The zero-order chi connectivity index (χ0) is 26.3. The molecule has 1 aromatic heterocycles. The third kappa shape index (κ3) is 5.60. The van der Waals surface area contributed by atoms with E-state index in [2.05, 4.69) is 22.8 Å². The molecular formula is C32H28N2O4. The van der Waals surface area contributed by atoms with Gasteiger partial charge >= 0.3 is 5.97 Å². The third-order valence-electron chi connectivity index (χ3n) is 6.07. The number of carbonyl (C=O) groups is 1. The van der Waals surface area contributed by atoms with Crippen LogP contribution in [0.2, 0.25) is 0 Å². The summed E-state index contributed by atoms with van der Waals surface area (Å²) in [6.07, 6.45) is 3.07. The van der Waals surface area contributed by atoms with Crippen LogP contribution in [0.5, 0.6) is 17.2 Å². The number of benzene rings is 4. The van der Waals surface area contributed by atoms with Crippen LogP contribution in [0.1, 0.15) is 18.1 Å². The molecule has 1 heterocycles. The van der Waals surface area contributed by atoms with Crippen molar-refractivity contribution in [1.82, 2.24) is 9.55 Å². The zero-order valence-corrected chi connectivity index (χ0v) is 21.3. The summed E-state index contributed by atoms with van der Waals surface area (Å²) in [7, 11) is 1.58. The Balaban J connectivity index is 1.32. The van der Waals surface area contributed by atoms with E-state index in [1.807, 2.05) is 73.7 Å². The summed E-state index contributed by atoms with van der Waals surface area (Å²) in [5.41, 5.74) is 4.94. The topological polar surface area (TPSA) is 62.6 Å². The highest BCUT2D eigenvalue weighted by atomic mass is 16.5. The molecule has 0 saturated carbocycles. The number of aromatic nitrogens is 2. The summed E-state index contributed by atoms with van der Waals surface area (Å²) >= 11 is 0. The summed E-state index contributed by atoms with van der Waals surface area (Å²) in [6, 6.07) is 31.3. The van der Waals surface area contributed by atoms with E-state index in [1.165, 1.54) is 11.6 Å². The van der Waals surface area contributed by atoms with Gasteiger partial charge in [-0.15, -0.1) is 0 Å². The van der Waals surface area contributed by atoms with Crippen molar-refractivity contribution in [2.45, 2.75) is 13.5 Å². The molecule has 0 saturated heterocycles. The number of nitrogens with zero attached hydrogens (tertiary/aromatic N) is 2. The van der Waals surface area contributed by atoms with Crippen molar-refractivity contribution in [3.63, 3.8) is 0 Å². The lowest BCUT2D eigenvalue weighted by Gasteiger charge is -2.10. The molecule has 0 atom stereocenters. The van der Waals surface area contributed by atoms with Gasteiger partial charge < -0.3 is 18.8 Å². The number of esters is 1. The number of ether oxygens (including phenoxy) is 3. The standard InChI is InChI=1S/C32H28N2O4/c1-3-37-29-19-13-23(21-30(29)36-2)14-20-31(35)38-26-17-15-25(16-18-26)32-33-27-11-7-8-12-28(27)34(32)22-24-9-5-4-6-10-24/h4-21H,3,22H2,1-2H3/b20-14+. The average molecular weight is 505 g/mol. The number of fused-ring (bicyclic) bond motifs is 1. The lowest BCUT2D eigenvalue weighted by molar-refractivity contribution is -0.128. The monoisotopic (exact) mass is 504 g/mol. The van der Waals surface area contributed by atoms with Crippen molar-refractivity contribution in [1.29, 1.82) is 0 Å². The van der Waals surface area contributed by atoms with Crippen LogP contribution in [-0.4, -0.2) is 29.2 Å². The molecular weight excluding hydrogens is 476 g/mol. The minimum atomic E-state index is -0.470. The normalized spacial score (nSPS) is 11.1. The second-order valence-corrected chi connectivity index (χ2v) is 8.62. The van der Waals surface area contributed by atoms with E-state index >= 15 is 0 Å². The number of methoxy groups -OCH3 is 1. The first-order valence-electron chi connectivity index (χ1n) is 12.4. The number of hydrogen-bond donors (Lipinski definition) is 0. The van der Waals surface area contributed by atoms with Crippen LogP contribution in [0.4, 0.5) is 0 Å². The van der Waals surface area contributed by atoms with Gasteiger partial charge in [0.05, 0.1) is 24.8 Å². The van der Waals surface area contributed by atoms with Crippen LogP contribution < -0.4 is 14.2 Å². The molecule has 38 heavy (non-hydrogen) atoms. The molecule has 6 heteroatoms. The van der Waals surface area contributed by atoms with Crippen molar-refractivity contribution in [3.8, 4) is 28.6 Å². The fourth-order valence-corrected chi connectivity index (χ4v) is 4.27. The van der Waals surface area contributed by atoms with Gasteiger partial charge in [0.1, 0.15) is 11.6 Å². The molecule has 0 unspecified atom stereocenters. The van der Waals surface area contributed by atoms with Gasteiger partial charge in [-0.3, -0.25) is 0 Å². The molecule has 4 aromatic carbocycles. The summed E-state index contributed by atoms with van der Waals surface area (Å²) in [5.74, 6) is 2.11. The molecule has 5 rings (SSSR count). The molecule has 0 aliphatic rings. The van der Waals surface area contributed by atoms with Crippen LogP contribution in [-0.2, 0) is 11.3 Å². The molecule has 190 valence electrons. The lowest BCUT2D eigenvalue weighted by Crippen LogP contribution is -2.04. The van der Waals surface area contributed by atoms with Gasteiger partial charge in [-0.25, -0.2) is 9.78 Å². The number of hydrogen-bond acceptors (Lipinski definition) is 5. The van der Waals surface area contributed by atoms with Gasteiger partial charge in [0, 0.05) is 18.2 Å². The van der Waals surface area contributed by atoms with Crippen molar-refractivity contribution in [2.24, 2.45) is 0 Å². The highest BCUT2D eigenvalue weighted by Crippen LogP contribution is 2.29. The van der Waals surface area contributed by atoms with Crippen molar-refractivity contribution >= 4 is 23.1 Å². The van der Waals surface area contributed by atoms with Crippen molar-refractivity contribution in [3.05, 3.63) is 114 Å². The first kappa shape index (κ1) is 24.8. The van der Waals surface area contributed by atoms with Crippen molar-refractivity contribution in [2.75, 3.05) is 13.7 Å². The number of imidazole rings is 1. The van der Waals surface area contributed by atoms with Crippen LogP contribution in [0, 0.1) is 0 Å². The van der Waals surface area contributed by atoms with E-state index in [4.69, 9.17) is 19.2 Å². The average Bonchev–Trinajstić information content (AvgIpc) is 3.32. The highest BCUT2D eigenvalue weighted by Gasteiger charge is 2.13. The fourth-order valence-electron chi connectivity index (χ4n) is 4.27. The largest absolute Gasteiger partial charge is 0.493 e. The maximum atomic E-state index is 12.5. The first-order chi connectivity index (χ1) is 18.6. The van der Waals surface area contributed by atoms with Crippen molar-refractivity contribution < 1.29 is 19.0 Å². The molecule has 5 aromatic rings. The van der Waals surface area contributed by atoms with Gasteiger partial charge in [0.25, 0.3) is 0 Å². The maximum Gasteiger partial charge on any atom is 0.336 e. The SMILES string of the molecule is CCOc1ccc(/C=C/C(=O)Oc2ccc(-c3nc4ccccc4n3Cc3ccccc3)cc2)cc1OC.